The molecule has 3 aromatic carbocycles. The second kappa shape index (κ2) is 9.94. The van der Waals surface area contributed by atoms with Crippen molar-refractivity contribution < 1.29 is 19.1 Å². The number of para-hydroxylation sites is 1. The maximum atomic E-state index is 12.2. The number of rotatable bonds is 7. The van der Waals surface area contributed by atoms with Gasteiger partial charge in [0.05, 0.1) is 0 Å². The molecule has 0 aliphatic rings. The molecule has 0 aromatic heterocycles. The highest BCUT2D eigenvalue weighted by Gasteiger charge is 2.09. The van der Waals surface area contributed by atoms with Crippen molar-refractivity contribution in [2.45, 2.75) is 13.5 Å². The zero-order valence-electron chi connectivity index (χ0n) is 16.1. The summed E-state index contributed by atoms with van der Waals surface area (Å²) in [6, 6.07) is 23.9. The molecule has 2 amide bonds. The lowest BCUT2D eigenvalue weighted by Gasteiger charge is -2.11. The van der Waals surface area contributed by atoms with Crippen LogP contribution in [0.4, 0.5) is 0 Å². The van der Waals surface area contributed by atoms with Crippen LogP contribution >= 0.6 is 0 Å². The number of ether oxygens (including phenoxy) is 2. The van der Waals surface area contributed by atoms with Gasteiger partial charge in [-0.3, -0.25) is 20.4 Å². The van der Waals surface area contributed by atoms with E-state index in [0.29, 0.717) is 23.7 Å². The van der Waals surface area contributed by atoms with E-state index in [2.05, 4.69) is 10.9 Å². The second-order valence-electron chi connectivity index (χ2n) is 6.36. The number of aryl methyl sites for hydroxylation is 1. The molecule has 0 aliphatic carbocycles. The van der Waals surface area contributed by atoms with Crippen molar-refractivity contribution >= 4 is 11.8 Å². The van der Waals surface area contributed by atoms with Gasteiger partial charge in [-0.1, -0.05) is 48.5 Å². The lowest BCUT2D eigenvalue weighted by Crippen LogP contribution is -2.43. The summed E-state index contributed by atoms with van der Waals surface area (Å²) in [7, 11) is 0. The smallest absolute Gasteiger partial charge is 0.276 e. The minimum absolute atomic E-state index is 0.197. The number of benzene rings is 3. The van der Waals surface area contributed by atoms with E-state index in [9.17, 15) is 9.59 Å². The molecule has 3 aromatic rings. The fraction of sp³-hybridized carbons (Fsp3) is 0.130. The van der Waals surface area contributed by atoms with Crippen molar-refractivity contribution in [2.75, 3.05) is 6.61 Å². The number of amides is 2. The molecule has 0 spiro atoms. The first-order valence-electron chi connectivity index (χ1n) is 9.16. The van der Waals surface area contributed by atoms with E-state index in [1.165, 1.54) is 0 Å². The van der Waals surface area contributed by atoms with Gasteiger partial charge in [0.2, 0.25) is 0 Å². The van der Waals surface area contributed by atoms with Crippen LogP contribution in [0.3, 0.4) is 0 Å². The van der Waals surface area contributed by atoms with Crippen LogP contribution < -0.4 is 20.3 Å². The van der Waals surface area contributed by atoms with Crippen molar-refractivity contribution in [3.8, 4) is 11.5 Å². The van der Waals surface area contributed by atoms with Crippen molar-refractivity contribution in [1.82, 2.24) is 10.9 Å². The lowest BCUT2D eigenvalue weighted by atomic mass is 10.2. The lowest BCUT2D eigenvalue weighted by molar-refractivity contribution is -0.123. The predicted octanol–water partition coefficient (Wildman–Crippen LogP) is 3.41. The number of carbonyl (C=O) groups is 2. The molecule has 0 unspecified atom stereocenters. The molecule has 0 heterocycles. The quantitative estimate of drug-likeness (QED) is 0.606. The molecule has 0 saturated heterocycles. The highest BCUT2D eigenvalue weighted by Crippen LogP contribution is 2.16. The molecule has 2 N–H and O–H groups in total. The van der Waals surface area contributed by atoms with Gasteiger partial charge in [0.25, 0.3) is 11.8 Å². The molecule has 6 nitrogen and oxygen atoms in total. The van der Waals surface area contributed by atoms with E-state index in [0.717, 1.165) is 11.1 Å². The summed E-state index contributed by atoms with van der Waals surface area (Å²) in [4.78, 5) is 24.0. The number of nitrogens with one attached hydrogen (secondary N) is 2. The van der Waals surface area contributed by atoms with Crippen LogP contribution in [0.25, 0.3) is 0 Å². The maximum absolute atomic E-state index is 12.2. The van der Waals surface area contributed by atoms with Crippen molar-refractivity contribution in [3.63, 3.8) is 0 Å². The highest BCUT2D eigenvalue weighted by molar-refractivity contribution is 5.95. The van der Waals surface area contributed by atoms with Crippen molar-refractivity contribution in [1.29, 1.82) is 0 Å². The Labute approximate surface area is 169 Å². The van der Waals surface area contributed by atoms with Gasteiger partial charge in [-0.2, -0.15) is 0 Å². The van der Waals surface area contributed by atoms with Gasteiger partial charge in [0.15, 0.2) is 6.61 Å². The first-order valence-corrected chi connectivity index (χ1v) is 9.16. The van der Waals surface area contributed by atoms with Crippen molar-refractivity contribution in [3.05, 3.63) is 95.6 Å². The Bertz CT molecular complexity index is 956. The van der Waals surface area contributed by atoms with Crippen LogP contribution in [-0.4, -0.2) is 18.4 Å². The Morgan fingerprint density at radius 2 is 1.48 bits per heavy atom. The van der Waals surface area contributed by atoms with Crippen LogP contribution in [0.5, 0.6) is 11.5 Å². The molecule has 0 aliphatic heterocycles. The third kappa shape index (κ3) is 6.10. The van der Waals surface area contributed by atoms with Crippen LogP contribution in [-0.2, 0) is 11.4 Å². The summed E-state index contributed by atoms with van der Waals surface area (Å²) in [5, 5.41) is 0. The van der Waals surface area contributed by atoms with Crippen LogP contribution in [0.1, 0.15) is 21.5 Å². The molecular formula is C23H22N2O4. The van der Waals surface area contributed by atoms with Gasteiger partial charge in [0.1, 0.15) is 18.1 Å². The maximum Gasteiger partial charge on any atom is 0.276 e. The summed E-state index contributed by atoms with van der Waals surface area (Å²) in [5.41, 5.74) is 7.09. The molecule has 0 bridgehead atoms. The van der Waals surface area contributed by atoms with Crippen molar-refractivity contribution in [2.24, 2.45) is 0 Å². The van der Waals surface area contributed by atoms with E-state index in [4.69, 9.17) is 9.47 Å². The van der Waals surface area contributed by atoms with Crippen LogP contribution in [0.15, 0.2) is 78.9 Å². The number of hydrogen-bond acceptors (Lipinski definition) is 4. The van der Waals surface area contributed by atoms with Gasteiger partial charge >= 0.3 is 0 Å². The van der Waals surface area contributed by atoms with Gasteiger partial charge in [-0.15, -0.1) is 0 Å². The Kier molecular flexibility index (Phi) is 6.84. The molecule has 0 fully saturated rings. The molecule has 3 rings (SSSR count). The summed E-state index contributed by atoms with van der Waals surface area (Å²) in [6.45, 7) is 2.14. The van der Waals surface area contributed by atoms with Crippen LogP contribution in [0.2, 0.25) is 0 Å². The van der Waals surface area contributed by atoms with E-state index in [-0.39, 0.29) is 6.61 Å². The fourth-order valence-electron chi connectivity index (χ4n) is 2.54. The third-order valence-corrected chi connectivity index (χ3v) is 4.13. The number of hydrazine groups is 1. The summed E-state index contributed by atoms with van der Waals surface area (Å²) in [5.74, 6) is 0.398. The predicted molar refractivity (Wildman–Crippen MR) is 109 cm³/mol. The Balaban J connectivity index is 1.43. The van der Waals surface area contributed by atoms with E-state index >= 15 is 0 Å². The van der Waals surface area contributed by atoms with Gasteiger partial charge in [-0.05, 0) is 48.4 Å². The molecule has 0 radical (unpaired) electrons. The molecule has 0 saturated carbocycles. The van der Waals surface area contributed by atoms with Gasteiger partial charge < -0.3 is 9.47 Å². The largest absolute Gasteiger partial charge is 0.489 e. The second-order valence-corrected chi connectivity index (χ2v) is 6.36. The summed E-state index contributed by atoms with van der Waals surface area (Å²) in [6.07, 6.45) is 0. The molecule has 148 valence electrons. The third-order valence-electron chi connectivity index (χ3n) is 4.13. The minimum atomic E-state index is -0.454. The monoisotopic (exact) mass is 390 g/mol. The van der Waals surface area contributed by atoms with E-state index in [1.54, 1.807) is 30.3 Å². The average Bonchev–Trinajstić information content (AvgIpc) is 2.76. The fourth-order valence-corrected chi connectivity index (χ4v) is 2.54. The van der Waals surface area contributed by atoms with Gasteiger partial charge in [0, 0.05) is 5.56 Å². The molecular weight excluding hydrogens is 368 g/mol. The van der Waals surface area contributed by atoms with E-state index < -0.39 is 11.8 Å². The highest BCUT2D eigenvalue weighted by atomic mass is 16.5. The number of carbonyl (C=O) groups excluding carboxylic acids is 2. The molecule has 6 heteroatoms. The van der Waals surface area contributed by atoms with Gasteiger partial charge in [-0.25, -0.2) is 0 Å². The van der Waals surface area contributed by atoms with Crippen LogP contribution in [0, 0.1) is 6.92 Å². The molecule has 29 heavy (non-hydrogen) atoms. The summed E-state index contributed by atoms with van der Waals surface area (Å²) < 4.78 is 11.1. The average molecular weight is 390 g/mol. The first kappa shape index (κ1) is 19.9. The molecule has 0 atom stereocenters. The Morgan fingerprint density at radius 1 is 0.793 bits per heavy atom. The zero-order chi connectivity index (χ0) is 20.5. The minimum Gasteiger partial charge on any atom is -0.489 e. The Morgan fingerprint density at radius 3 is 2.21 bits per heavy atom. The zero-order valence-corrected chi connectivity index (χ0v) is 16.1. The number of hydrogen-bond donors (Lipinski definition) is 2. The standard InChI is InChI=1S/C23H22N2O4/c1-17-7-5-6-10-21(17)29-16-22(26)24-25-23(27)19-11-13-20(14-12-19)28-15-18-8-3-2-4-9-18/h2-14H,15-16H2,1H3,(H,24,26)(H,25,27). The van der Waals surface area contributed by atoms with E-state index in [1.807, 2.05) is 55.5 Å². The SMILES string of the molecule is Cc1ccccc1OCC(=O)NNC(=O)c1ccc(OCc2ccccc2)cc1. The Hall–Kier alpha value is -3.80. The first-order chi connectivity index (χ1) is 14.1. The normalized spacial score (nSPS) is 10.1. The topological polar surface area (TPSA) is 76.7 Å². The summed E-state index contributed by atoms with van der Waals surface area (Å²) >= 11 is 0.